The lowest BCUT2D eigenvalue weighted by Crippen LogP contribution is -2.17. The first kappa shape index (κ1) is 13.9. The van der Waals surface area contributed by atoms with Gasteiger partial charge in [-0.05, 0) is 37.4 Å². The highest BCUT2D eigenvalue weighted by Crippen LogP contribution is 2.21. The fourth-order valence-electron chi connectivity index (χ4n) is 2.01. The monoisotopic (exact) mass is 271 g/mol. The van der Waals surface area contributed by atoms with Gasteiger partial charge in [-0.2, -0.15) is 0 Å². The van der Waals surface area contributed by atoms with Crippen molar-refractivity contribution >= 4 is 17.7 Å². The molecule has 98 valence electrons. The van der Waals surface area contributed by atoms with Crippen molar-refractivity contribution in [2.24, 2.45) is 0 Å². The average molecular weight is 272 g/mol. The van der Waals surface area contributed by atoms with Gasteiger partial charge < -0.3 is 0 Å². The summed E-state index contributed by atoms with van der Waals surface area (Å²) in [7, 11) is 4.17. The Balaban J connectivity index is 2.20. The molecular formula is C17H18ClN. The second-order valence-corrected chi connectivity index (χ2v) is 5.17. The van der Waals surface area contributed by atoms with Crippen molar-refractivity contribution in [3.8, 4) is 0 Å². The molecule has 0 aliphatic carbocycles. The molecule has 0 saturated carbocycles. The summed E-state index contributed by atoms with van der Waals surface area (Å²) in [6, 6.07) is 18.6. The summed E-state index contributed by atoms with van der Waals surface area (Å²) < 4.78 is 0. The van der Waals surface area contributed by atoms with Crippen LogP contribution >= 0.6 is 11.6 Å². The van der Waals surface area contributed by atoms with Gasteiger partial charge in [-0.1, -0.05) is 66.2 Å². The quantitative estimate of drug-likeness (QED) is 0.782. The van der Waals surface area contributed by atoms with E-state index in [1.54, 1.807) is 0 Å². The molecule has 0 fully saturated rings. The van der Waals surface area contributed by atoms with Crippen LogP contribution in [0, 0.1) is 0 Å². The van der Waals surface area contributed by atoms with Crippen molar-refractivity contribution in [1.29, 1.82) is 0 Å². The van der Waals surface area contributed by atoms with Gasteiger partial charge in [0.05, 0.1) is 6.04 Å². The summed E-state index contributed by atoms with van der Waals surface area (Å²) in [6.45, 7) is 0. The summed E-state index contributed by atoms with van der Waals surface area (Å²) in [5.41, 5.74) is 2.45. The fraction of sp³-hybridized carbons (Fsp3) is 0.176. The second kappa shape index (κ2) is 6.55. The van der Waals surface area contributed by atoms with Crippen molar-refractivity contribution in [2.45, 2.75) is 6.04 Å². The van der Waals surface area contributed by atoms with E-state index in [2.05, 4.69) is 55.4 Å². The first-order valence-corrected chi connectivity index (χ1v) is 6.70. The fourth-order valence-corrected chi connectivity index (χ4v) is 2.13. The van der Waals surface area contributed by atoms with Gasteiger partial charge in [0.2, 0.25) is 0 Å². The molecule has 1 atom stereocenters. The lowest BCUT2D eigenvalue weighted by Gasteiger charge is -2.21. The Kier molecular flexibility index (Phi) is 4.78. The van der Waals surface area contributed by atoms with Crippen LogP contribution in [0.15, 0.2) is 60.7 Å². The van der Waals surface area contributed by atoms with E-state index in [0.717, 1.165) is 10.6 Å². The van der Waals surface area contributed by atoms with Crippen LogP contribution in [0.3, 0.4) is 0 Å². The highest BCUT2D eigenvalue weighted by Gasteiger charge is 2.09. The molecule has 2 aromatic carbocycles. The molecule has 1 nitrogen and oxygen atoms in total. The number of benzene rings is 2. The summed E-state index contributed by atoms with van der Waals surface area (Å²) in [4.78, 5) is 2.20. The maximum Gasteiger partial charge on any atom is 0.0529 e. The number of halogens is 1. The van der Waals surface area contributed by atoms with Gasteiger partial charge in [-0.25, -0.2) is 0 Å². The maximum absolute atomic E-state index is 5.89. The third kappa shape index (κ3) is 3.95. The minimum absolute atomic E-state index is 0.275. The molecular weight excluding hydrogens is 254 g/mol. The molecule has 0 spiro atoms. The van der Waals surface area contributed by atoms with Crippen molar-refractivity contribution in [3.05, 3.63) is 76.8 Å². The standard InChI is InChI=1S/C17H18ClN/c1-19(2)17(15-6-4-3-5-7-15)13-10-14-8-11-16(18)12-9-14/h3-13,17H,1-2H3/b13-10+. The molecule has 0 aliphatic rings. The third-order valence-electron chi connectivity index (χ3n) is 3.04. The first-order chi connectivity index (χ1) is 9.16. The lowest BCUT2D eigenvalue weighted by molar-refractivity contribution is 0.352. The SMILES string of the molecule is CN(C)C(/C=C/c1ccc(Cl)cc1)c1ccccc1. The smallest absolute Gasteiger partial charge is 0.0529 e. The van der Waals surface area contributed by atoms with E-state index in [0.29, 0.717) is 0 Å². The molecule has 0 aliphatic heterocycles. The van der Waals surface area contributed by atoms with Gasteiger partial charge in [0.1, 0.15) is 0 Å². The molecule has 0 aromatic heterocycles. The molecule has 0 amide bonds. The third-order valence-corrected chi connectivity index (χ3v) is 3.29. The van der Waals surface area contributed by atoms with Crippen molar-refractivity contribution in [1.82, 2.24) is 4.90 Å². The van der Waals surface area contributed by atoms with E-state index in [1.165, 1.54) is 5.56 Å². The highest BCUT2D eigenvalue weighted by molar-refractivity contribution is 6.30. The molecule has 0 bridgehead atoms. The zero-order valence-corrected chi connectivity index (χ0v) is 12.0. The predicted molar refractivity (Wildman–Crippen MR) is 83.4 cm³/mol. The Labute approximate surface area is 120 Å². The minimum atomic E-state index is 0.275. The van der Waals surface area contributed by atoms with Gasteiger partial charge in [0.15, 0.2) is 0 Å². The number of nitrogens with zero attached hydrogens (tertiary/aromatic N) is 1. The Morgan fingerprint density at radius 2 is 1.58 bits per heavy atom. The average Bonchev–Trinajstić information content (AvgIpc) is 2.42. The van der Waals surface area contributed by atoms with Gasteiger partial charge in [0.25, 0.3) is 0 Å². The molecule has 0 heterocycles. The van der Waals surface area contributed by atoms with E-state index in [-0.39, 0.29) is 6.04 Å². The summed E-state index contributed by atoms with van der Waals surface area (Å²) >= 11 is 5.89. The van der Waals surface area contributed by atoms with Gasteiger partial charge >= 0.3 is 0 Å². The van der Waals surface area contributed by atoms with Crippen LogP contribution in [0.25, 0.3) is 6.08 Å². The Bertz CT molecular complexity index is 529. The van der Waals surface area contributed by atoms with Crippen LogP contribution < -0.4 is 0 Å². The molecule has 1 unspecified atom stereocenters. The van der Waals surface area contributed by atoms with Crippen LogP contribution in [-0.4, -0.2) is 19.0 Å². The number of hydrogen-bond acceptors (Lipinski definition) is 1. The minimum Gasteiger partial charge on any atom is -0.299 e. The van der Waals surface area contributed by atoms with Crippen LogP contribution in [0.1, 0.15) is 17.2 Å². The summed E-state index contributed by atoms with van der Waals surface area (Å²) in [5, 5.41) is 0.768. The number of hydrogen-bond donors (Lipinski definition) is 0. The molecule has 2 rings (SSSR count). The molecule has 19 heavy (non-hydrogen) atoms. The molecule has 2 aromatic rings. The predicted octanol–water partition coefficient (Wildman–Crippen LogP) is 4.66. The zero-order chi connectivity index (χ0) is 13.7. The van der Waals surface area contributed by atoms with Gasteiger partial charge in [0, 0.05) is 5.02 Å². The Morgan fingerprint density at radius 1 is 0.947 bits per heavy atom. The summed E-state index contributed by atoms with van der Waals surface area (Å²) in [6.07, 6.45) is 4.34. The lowest BCUT2D eigenvalue weighted by atomic mass is 10.0. The van der Waals surface area contributed by atoms with Crippen molar-refractivity contribution in [2.75, 3.05) is 14.1 Å². The molecule has 2 heteroatoms. The first-order valence-electron chi connectivity index (χ1n) is 6.32. The van der Waals surface area contributed by atoms with Crippen LogP contribution in [-0.2, 0) is 0 Å². The van der Waals surface area contributed by atoms with E-state index >= 15 is 0 Å². The van der Waals surface area contributed by atoms with E-state index in [9.17, 15) is 0 Å². The maximum atomic E-state index is 5.89. The Hall–Kier alpha value is -1.57. The van der Waals surface area contributed by atoms with Crippen molar-refractivity contribution in [3.63, 3.8) is 0 Å². The van der Waals surface area contributed by atoms with Crippen LogP contribution in [0.4, 0.5) is 0 Å². The largest absolute Gasteiger partial charge is 0.299 e. The molecule has 0 saturated heterocycles. The van der Waals surface area contributed by atoms with Crippen molar-refractivity contribution < 1.29 is 0 Å². The van der Waals surface area contributed by atoms with E-state index in [4.69, 9.17) is 11.6 Å². The number of likely N-dealkylation sites (N-methyl/N-ethyl adjacent to an activating group) is 1. The van der Waals surface area contributed by atoms with Gasteiger partial charge in [-0.15, -0.1) is 0 Å². The second-order valence-electron chi connectivity index (χ2n) is 4.73. The topological polar surface area (TPSA) is 3.24 Å². The normalized spacial score (nSPS) is 13.1. The van der Waals surface area contributed by atoms with E-state index in [1.807, 2.05) is 30.3 Å². The van der Waals surface area contributed by atoms with E-state index < -0.39 is 0 Å². The summed E-state index contributed by atoms with van der Waals surface area (Å²) in [5.74, 6) is 0. The van der Waals surface area contributed by atoms with Crippen LogP contribution in [0.2, 0.25) is 5.02 Å². The number of rotatable bonds is 4. The highest BCUT2D eigenvalue weighted by atomic mass is 35.5. The van der Waals surface area contributed by atoms with Gasteiger partial charge in [-0.3, -0.25) is 4.90 Å². The zero-order valence-electron chi connectivity index (χ0n) is 11.3. The molecule has 0 radical (unpaired) electrons. The van der Waals surface area contributed by atoms with Crippen LogP contribution in [0.5, 0.6) is 0 Å². The molecule has 0 N–H and O–H groups in total. The Morgan fingerprint density at radius 3 is 2.16 bits per heavy atom.